The first-order chi connectivity index (χ1) is 27.6. The third kappa shape index (κ3) is 9.92. The van der Waals surface area contributed by atoms with Crippen LogP contribution in [0.1, 0.15) is 86.8 Å². The molecular weight excluding hydrogens is 725 g/mol. The van der Waals surface area contributed by atoms with Crippen LogP contribution in [0, 0.1) is 0 Å². The third-order valence-corrected chi connectivity index (χ3v) is 9.93. The van der Waals surface area contributed by atoms with E-state index in [1.54, 1.807) is 28.4 Å². The van der Waals surface area contributed by atoms with Crippen molar-refractivity contribution in [2.24, 2.45) is 0 Å². The van der Waals surface area contributed by atoms with Gasteiger partial charge in [0.2, 0.25) is 11.5 Å². The number of rotatable bonds is 20. The minimum absolute atomic E-state index is 0.125. The number of ether oxygens (including phenoxy) is 8. The Labute approximate surface area is 336 Å². The van der Waals surface area contributed by atoms with Crippen LogP contribution in [0.3, 0.4) is 0 Å². The summed E-state index contributed by atoms with van der Waals surface area (Å²) in [6.45, 7) is 7.84. The molecule has 57 heavy (non-hydrogen) atoms. The number of carbonyl (C=O) groups excluding carboxylic acids is 2. The van der Waals surface area contributed by atoms with Crippen LogP contribution in [0.25, 0.3) is 35.4 Å². The standard InChI is InChI=1S/C47H54O10/c1-9-19-47(20-10-2)39-25-33(11-13-35-27-41(50-5)45(42(28-35)51-6)56-23-21-54-31(3)48)15-17-37(39)38-18-16-34(26-40(38)47)12-14-36-29-43(52-7)46(44(30-36)53-8)57-24-22-55-32(4)49/h11-18,25-30H,9-10,19-24H2,1-8H3/b13-11+,14-12+. The Balaban J connectivity index is 1.43. The molecule has 0 fully saturated rings. The number of hydrogen-bond acceptors (Lipinski definition) is 10. The summed E-state index contributed by atoms with van der Waals surface area (Å²) >= 11 is 0. The third-order valence-electron chi connectivity index (χ3n) is 9.93. The molecule has 0 aromatic heterocycles. The smallest absolute Gasteiger partial charge is 0.302 e. The molecule has 0 atom stereocenters. The van der Waals surface area contributed by atoms with Crippen LogP contribution in [-0.4, -0.2) is 66.8 Å². The summed E-state index contributed by atoms with van der Waals surface area (Å²) in [5, 5.41) is 0. The molecule has 10 nitrogen and oxygen atoms in total. The zero-order valence-electron chi connectivity index (χ0n) is 34.3. The molecule has 1 aliphatic rings. The molecular formula is C47H54O10. The summed E-state index contributed by atoms with van der Waals surface area (Å²) in [6.07, 6.45) is 12.5. The molecule has 0 radical (unpaired) electrons. The maximum Gasteiger partial charge on any atom is 0.302 e. The highest BCUT2D eigenvalue weighted by atomic mass is 16.6. The van der Waals surface area contributed by atoms with Crippen molar-refractivity contribution < 1.29 is 47.5 Å². The summed E-state index contributed by atoms with van der Waals surface area (Å²) in [7, 11) is 6.34. The topological polar surface area (TPSA) is 108 Å². The molecule has 5 rings (SSSR count). The summed E-state index contributed by atoms with van der Waals surface area (Å²) < 4.78 is 44.4. The minimum Gasteiger partial charge on any atom is -0.493 e. The van der Waals surface area contributed by atoms with Crippen LogP contribution in [0.2, 0.25) is 0 Å². The molecule has 0 aliphatic heterocycles. The Hall–Kier alpha value is -5.90. The van der Waals surface area contributed by atoms with Crippen LogP contribution in [0.15, 0.2) is 60.7 Å². The maximum absolute atomic E-state index is 11.2. The lowest BCUT2D eigenvalue weighted by Gasteiger charge is -2.32. The molecule has 4 aromatic carbocycles. The highest BCUT2D eigenvalue weighted by Gasteiger charge is 2.41. The fourth-order valence-corrected chi connectivity index (χ4v) is 7.58. The summed E-state index contributed by atoms with van der Waals surface area (Å²) in [4.78, 5) is 22.3. The van der Waals surface area contributed by atoms with Crippen molar-refractivity contribution in [3.8, 4) is 45.6 Å². The maximum atomic E-state index is 11.2. The zero-order chi connectivity index (χ0) is 41.0. The van der Waals surface area contributed by atoms with Gasteiger partial charge in [0.05, 0.1) is 28.4 Å². The molecule has 1 aliphatic carbocycles. The van der Waals surface area contributed by atoms with Gasteiger partial charge >= 0.3 is 11.9 Å². The molecule has 302 valence electrons. The largest absolute Gasteiger partial charge is 0.493 e. The van der Waals surface area contributed by atoms with Gasteiger partial charge < -0.3 is 37.9 Å². The van der Waals surface area contributed by atoms with Crippen LogP contribution in [-0.2, 0) is 24.5 Å². The van der Waals surface area contributed by atoms with Gasteiger partial charge in [-0.25, -0.2) is 0 Å². The average Bonchev–Trinajstić information content (AvgIpc) is 3.46. The van der Waals surface area contributed by atoms with Gasteiger partial charge in [-0.15, -0.1) is 0 Å². The molecule has 0 saturated carbocycles. The van der Waals surface area contributed by atoms with Gasteiger partial charge in [0.25, 0.3) is 0 Å². The lowest BCUT2D eigenvalue weighted by atomic mass is 9.71. The first-order valence-electron chi connectivity index (χ1n) is 19.3. The Morgan fingerprint density at radius 1 is 0.509 bits per heavy atom. The molecule has 0 amide bonds. The molecule has 10 heteroatoms. The Bertz CT molecular complexity index is 1900. The first-order valence-corrected chi connectivity index (χ1v) is 19.3. The average molecular weight is 779 g/mol. The normalized spacial score (nSPS) is 12.6. The fourth-order valence-electron chi connectivity index (χ4n) is 7.58. The fraction of sp³-hybridized carbons (Fsp3) is 0.362. The summed E-state index contributed by atoms with van der Waals surface area (Å²) in [5.41, 5.74) is 9.11. The lowest BCUT2D eigenvalue weighted by molar-refractivity contribution is -0.142. The number of benzene rings is 4. The van der Waals surface area contributed by atoms with Gasteiger partial charge in [0.1, 0.15) is 26.4 Å². The number of methoxy groups -OCH3 is 4. The molecule has 0 N–H and O–H groups in total. The monoisotopic (exact) mass is 778 g/mol. The summed E-state index contributed by atoms with van der Waals surface area (Å²) in [6, 6.07) is 21.2. The van der Waals surface area contributed by atoms with Crippen molar-refractivity contribution >= 4 is 36.2 Å². The number of fused-ring (bicyclic) bond motifs is 3. The van der Waals surface area contributed by atoms with E-state index in [2.05, 4.69) is 62.4 Å². The van der Waals surface area contributed by atoms with Gasteiger partial charge in [0.15, 0.2) is 23.0 Å². The number of hydrogen-bond donors (Lipinski definition) is 0. The number of carbonyl (C=O) groups is 2. The Kier molecular flexibility index (Phi) is 14.7. The van der Waals surface area contributed by atoms with E-state index in [1.807, 2.05) is 36.4 Å². The van der Waals surface area contributed by atoms with Gasteiger partial charge in [-0.2, -0.15) is 0 Å². The predicted molar refractivity (Wildman–Crippen MR) is 224 cm³/mol. The zero-order valence-corrected chi connectivity index (χ0v) is 34.3. The molecule has 0 saturated heterocycles. The highest BCUT2D eigenvalue weighted by molar-refractivity contribution is 5.85. The number of esters is 2. The van der Waals surface area contributed by atoms with Gasteiger partial charge in [0, 0.05) is 19.3 Å². The van der Waals surface area contributed by atoms with Crippen LogP contribution < -0.4 is 28.4 Å². The van der Waals surface area contributed by atoms with E-state index in [0.717, 1.165) is 47.9 Å². The second-order valence-electron chi connectivity index (χ2n) is 13.7. The van der Waals surface area contributed by atoms with E-state index in [1.165, 1.54) is 36.1 Å². The van der Waals surface area contributed by atoms with Crippen molar-refractivity contribution in [3.05, 3.63) is 94.0 Å². The van der Waals surface area contributed by atoms with Crippen molar-refractivity contribution in [3.63, 3.8) is 0 Å². The molecule has 0 heterocycles. The lowest BCUT2D eigenvalue weighted by Crippen LogP contribution is -2.25. The van der Waals surface area contributed by atoms with E-state index in [4.69, 9.17) is 37.9 Å². The second-order valence-corrected chi connectivity index (χ2v) is 13.7. The Morgan fingerprint density at radius 3 is 1.18 bits per heavy atom. The molecule has 0 unspecified atom stereocenters. The van der Waals surface area contributed by atoms with E-state index in [0.29, 0.717) is 34.5 Å². The van der Waals surface area contributed by atoms with Crippen LogP contribution in [0.5, 0.6) is 34.5 Å². The van der Waals surface area contributed by atoms with E-state index >= 15 is 0 Å². The molecule has 0 bridgehead atoms. The second kappa shape index (κ2) is 19.8. The first kappa shape index (κ1) is 42.2. The SMILES string of the molecule is CCCC1(CCC)c2cc(/C=C/c3cc(OC)c(OCCOC(C)=O)c(OC)c3)ccc2-c2ccc(/C=C/c3cc(OC)c(OCCOC(C)=O)c(OC)c3)cc21. The van der Waals surface area contributed by atoms with Crippen LogP contribution in [0.4, 0.5) is 0 Å². The minimum atomic E-state index is -0.363. The molecule has 0 spiro atoms. The van der Waals surface area contributed by atoms with Gasteiger partial charge in [-0.05, 0) is 81.6 Å². The van der Waals surface area contributed by atoms with Crippen molar-refractivity contribution in [1.29, 1.82) is 0 Å². The molecule has 4 aromatic rings. The van der Waals surface area contributed by atoms with Gasteiger partial charge in [-0.3, -0.25) is 9.59 Å². The van der Waals surface area contributed by atoms with E-state index in [9.17, 15) is 9.59 Å². The van der Waals surface area contributed by atoms with E-state index in [-0.39, 0.29) is 43.8 Å². The van der Waals surface area contributed by atoms with Crippen molar-refractivity contribution in [1.82, 2.24) is 0 Å². The van der Waals surface area contributed by atoms with Crippen molar-refractivity contribution in [2.75, 3.05) is 54.9 Å². The quantitative estimate of drug-likeness (QED) is 0.0489. The summed E-state index contributed by atoms with van der Waals surface area (Å²) in [5.74, 6) is 2.27. The highest BCUT2D eigenvalue weighted by Crippen LogP contribution is 2.54. The Morgan fingerprint density at radius 2 is 0.860 bits per heavy atom. The van der Waals surface area contributed by atoms with E-state index < -0.39 is 0 Å². The van der Waals surface area contributed by atoms with Crippen LogP contribution >= 0.6 is 0 Å². The predicted octanol–water partition coefficient (Wildman–Crippen LogP) is 9.81. The van der Waals surface area contributed by atoms with Crippen molar-refractivity contribution in [2.45, 2.75) is 58.8 Å². The van der Waals surface area contributed by atoms with Gasteiger partial charge in [-0.1, -0.05) is 87.4 Å².